The van der Waals surface area contributed by atoms with Gasteiger partial charge in [0.2, 0.25) is 0 Å². The summed E-state index contributed by atoms with van der Waals surface area (Å²) in [4.78, 5) is 0. The van der Waals surface area contributed by atoms with Crippen LogP contribution in [0.1, 0.15) is 11.1 Å². The minimum Gasteiger partial charge on any atom is -0.388 e. The van der Waals surface area contributed by atoms with Crippen LogP contribution in [0.15, 0.2) is 18.2 Å². The van der Waals surface area contributed by atoms with Gasteiger partial charge in [-0.25, -0.2) is 0 Å². The van der Waals surface area contributed by atoms with E-state index in [1.807, 2.05) is 32.2 Å². The van der Waals surface area contributed by atoms with Crippen molar-refractivity contribution in [3.8, 4) is 0 Å². The summed E-state index contributed by atoms with van der Waals surface area (Å²) < 4.78 is 12.0. The van der Waals surface area contributed by atoms with Gasteiger partial charge in [-0.15, -0.1) is 0 Å². The van der Waals surface area contributed by atoms with Crippen molar-refractivity contribution in [2.45, 2.75) is 13.3 Å². The smallest absolute Gasteiger partial charge is 0.0934 e. The van der Waals surface area contributed by atoms with Crippen molar-refractivity contribution >= 4 is 5.69 Å². The molecule has 0 radical (unpaired) electrons. The lowest BCUT2D eigenvalue weighted by atomic mass is 10.1. The Labute approximate surface area is 72.6 Å². The maximum atomic E-state index is 12.0. The Morgan fingerprint density at radius 1 is 1.42 bits per heavy atom. The topological polar surface area (TPSA) is 12.0 Å². The molecule has 0 saturated heterocycles. The van der Waals surface area contributed by atoms with Gasteiger partial charge in [0, 0.05) is 19.2 Å². The fourth-order valence-corrected chi connectivity index (χ4v) is 1.27. The molecule has 0 saturated carbocycles. The second-order valence-electron chi connectivity index (χ2n) is 2.84. The number of alkyl halides is 1. The highest BCUT2D eigenvalue weighted by Gasteiger charge is 1.97. The number of nitrogens with one attached hydrogen (secondary N) is 1. The van der Waals surface area contributed by atoms with E-state index in [4.69, 9.17) is 0 Å². The Balaban J connectivity index is 2.86. The van der Waals surface area contributed by atoms with Gasteiger partial charge in [-0.05, 0) is 24.1 Å². The highest BCUT2D eigenvalue weighted by molar-refractivity contribution is 5.51. The Hall–Kier alpha value is -1.05. The molecule has 1 aromatic carbocycles. The van der Waals surface area contributed by atoms with Crippen molar-refractivity contribution < 1.29 is 4.39 Å². The molecule has 0 heterocycles. The molecule has 66 valence electrons. The van der Waals surface area contributed by atoms with Gasteiger partial charge in [-0.1, -0.05) is 12.1 Å². The van der Waals surface area contributed by atoms with Crippen molar-refractivity contribution in [2.24, 2.45) is 0 Å². The zero-order valence-electron chi connectivity index (χ0n) is 7.52. The van der Waals surface area contributed by atoms with E-state index in [0.717, 1.165) is 11.3 Å². The van der Waals surface area contributed by atoms with E-state index in [0.29, 0.717) is 6.42 Å². The highest BCUT2D eigenvalue weighted by Crippen LogP contribution is 2.15. The molecule has 1 N–H and O–H groups in total. The van der Waals surface area contributed by atoms with Gasteiger partial charge in [0.25, 0.3) is 0 Å². The Kier molecular flexibility index (Phi) is 3.09. The lowest BCUT2D eigenvalue weighted by Crippen LogP contribution is -1.94. The number of benzene rings is 1. The first-order valence-electron chi connectivity index (χ1n) is 4.11. The maximum Gasteiger partial charge on any atom is 0.0934 e. The van der Waals surface area contributed by atoms with E-state index in [1.54, 1.807) is 0 Å². The van der Waals surface area contributed by atoms with Crippen molar-refractivity contribution in [2.75, 3.05) is 19.0 Å². The third-order valence-electron chi connectivity index (χ3n) is 1.94. The summed E-state index contributed by atoms with van der Waals surface area (Å²) >= 11 is 0. The lowest BCUT2D eigenvalue weighted by Gasteiger charge is -2.06. The molecule has 0 fully saturated rings. The number of hydrogen-bond donors (Lipinski definition) is 1. The van der Waals surface area contributed by atoms with E-state index in [1.165, 1.54) is 5.56 Å². The Morgan fingerprint density at radius 3 is 2.67 bits per heavy atom. The number of rotatable bonds is 3. The molecule has 2 heteroatoms. The van der Waals surface area contributed by atoms with Crippen LogP contribution in [0.2, 0.25) is 0 Å². The van der Waals surface area contributed by atoms with E-state index in [-0.39, 0.29) is 6.67 Å². The molecule has 1 rings (SSSR count). The molecule has 0 bridgehead atoms. The average Bonchev–Trinajstić information content (AvgIpc) is 2.05. The molecule has 0 aliphatic carbocycles. The molecule has 0 atom stereocenters. The van der Waals surface area contributed by atoms with E-state index in [2.05, 4.69) is 5.32 Å². The highest BCUT2D eigenvalue weighted by atomic mass is 19.1. The molecule has 1 aromatic rings. The van der Waals surface area contributed by atoms with Gasteiger partial charge in [-0.3, -0.25) is 4.39 Å². The van der Waals surface area contributed by atoms with Gasteiger partial charge in [0.15, 0.2) is 0 Å². The lowest BCUT2D eigenvalue weighted by molar-refractivity contribution is 0.495. The molecule has 0 aromatic heterocycles. The fraction of sp³-hybridized carbons (Fsp3) is 0.400. The summed E-state index contributed by atoms with van der Waals surface area (Å²) in [6.07, 6.45) is 0.519. The SMILES string of the molecule is CNc1ccc(CCF)cc1C. The summed E-state index contributed by atoms with van der Waals surface area (Å²) in [5.41, 5.74) is 3.34. The van der Waals surface area contributed by atoms with E-state index in [9.17, 15) is 4.39 Å². The Bertz CT molecular complexity index is 258. The third-order valence-corrected chi connectivity index (χ3v) is 1.94. The first-order valence-corrected chi connectivity index (χ1v) is 4.11. The zero-order chi connectivity index (χ0) is 8.97. The van der Waals surface area contributed by atoms with Crippen LogP contribution in [-0.2, 0) is 6.42 Å². The molecule has 0 amide bonds. The number of hydrogen-bond acceptors (Lipinski definition) is 1. The number of halogens is 1. The second-order valence-corrected chi connectivity index (χ2v) is 2.84. The van der Waals surface area contributed by atoms with Crippen molar-refractivity contribution in [3.05, 3.63) is 29.3 Å². The minimum atomic E-state index is -0.279. The maximum absolute atomic E-state index is 12.0. The minimum absolute atomic E-state index is 0.279. The van der Waals surface area contributed by atoms with Gasteiger partial charge in [-0.2, -0.15) is 0 Å². The Morgan fingerprint density at radius 2 is 2.17 bits per heavy atom. The molecule has 1 nitrogen and oxygen atoms in total. The summed E-state index contributed by atoms with van der Waals surface area (Å²) in [6, 6.07) is 5.96. The van der Waals surface area contributed by atoms with E-state index < -0.39 is 0 Å². The summed E-state index contributed by atoms with van der Waals surface area (Å²) in [5, 5.41) is 3.07. The van der Waals surface area contributed by atoms with Gasteiger partial charge >= 0.3 is 0 Å². The monoisotopic (exact) mass is 167 g/mol. The van der Waals surface area contributed by atoms with Crippen LogP contribution in [-0.4, -0.2) is 13.7 Å². The standard InChI is InChI=1S/C10H14FN/c1-8-7-9(5-6-11)3-4-10(8)12-2/h3-4,7,12H,5-6H2,1-2H3. The van der Waals surface area contributed by atoms with Crippen LogP contribution in [0.25, 0.3) is 0 Å². The normalized spacial score (nSPS) is 9.92. The van der Waals surface area contributed by atoms with Gasteiger partial charge in [0.05, 0.1) is 6.67 Å². The summed E-state index contributed by atoms with van der Waals surface area (Å²) in [7, 11) is 1.89. The largest absolute Gasteiger partial charge is 0.388 e. The molecule has 0 spiro atoms. The zero-order valence-corrected chi connectivity index (χ0v) is 7.52. The molecule has 0 unspecified atom stereocenters. The first-order chi connectivity index (χ1) is 5.77. The van der Waals surface area contributed by atoms with Crippen LogP contribution in [0.4, 0.5) is 10.1 Å². The summed E-state index contributed by atoms with van der Waals surface area (Å²) in [6.45, 7) is 1.74. The first kappa shape index (κ1) is 9.04. The van der Waals surface area contributed by atoms with Crippen molar-refractivity contribution in [1.29, 1.82) is 0 Å². The van der Waals surface area contributed by atoms with Crippen LogP contribution < -0.4 is 5.32 Å². The van der Waals surface area contributed by atoms with E-state index >= 15 is 0 Å². The molecule has 0 aliphatic rings. The number of aryl methyl sites for hydroxylation is 2. The number of anilines is 1. The predicted molar refractivity (Wildman–Crippen MR) is 50.4 cm³/mol. The van der Waals surface area contributed by atoms with Crippen molar-refractivity contribution in [1.82, 2.24) is 0 Å². The van der Waals surface area contributed by atoms with Crippen LogP contribution in [0.3, 0.4) is 0 Å². The quantitative estimate of drug-likeness (QED) is 0.729. The van der Waals surface area contributed by atoms with Gasteiger partial charge in [0.1, 0.15) is 0 Å². The second kappa shape index (κ2) is 4.10. The molecular formula is C10H14FN. The summed E-state index contributed by atoms with van der Waals surface area (Å²) in [5.74, 6) is 0. The third kappa shape index (κ3) is 1.97. The molecule has 12 heavy (non-hydrogen) atoms. The van der Waals surface area contributed by atoms with Crippen LogP contribution >= 0.6 is 0 Å². The van der Waals surface area contributed by atoms with Crippen LogP contribution in [0.5, 0.6) is 0 Å². The fourth-order valence-electron chi connectivity index (χ4n) is 1.27. The average molecular weight is 167 g/mol. The molecule has 0 aliphatic heterocycles. The molecular weight excluding hydrogens is 153 g/mol. The van der Waals surface area contributed by atoms with Crippen LogP contribution in [0, 0.1) is 6.92 Å². The van der Waals surface area contributed by atoms with Gasteiger partial charge < -0.3 is 5.32 Å². The predicted octanol–water partition coefficient (Wildman–Crippen LogP) is 2.55. The van der Waals surface area contributed by atoms with Crippen molar-refractivity contribution in [3.63, 3.8) is 0 Å².